The van der Waals surface area contributed by atoms with E-state index in [1.165, 1.54) is 18.4 Å². The molecular formula is C24H24Cl2N2O3S. The summed E-state index contributed by atoms with van der Waals surface area (Å²) in [5.74, 6) is 0.00359. The molecule has 1 fully saturated rings. The minimum absolute atomic E-state index is 0.00420. The lowest BCUT2D eigenvalue weighted by atomic mass is 9.94. The minimum Gasteiger partial charge on any atom is -0.495 e. The molecule has 0 aliphatic heterocycles. The van der Waals surface area contributed by atoms with Gasteiger partial charge in [0.1, 0.15) is 17.2 Å². The van der Waals surface area contributed by atoms with Gasteiger partial charge in [0.05, 0.1) is 17.8 Å². The van der Waals surface area contributed by atoms with Crippen molar-refractivity contribution in [3.63, 3.8) is 0 Å². The van der Waals surface area contributed by atoms with E-state index in [0.29, 0.717) is 26.4 Å². The average Bonchev–Trinajstić information content (AvgIpc) is 3.14. The Labute approximate surface area is 201 Å². The highest BCUT2D eigenvalue weighted by molar-refractivity contribution is 7.21. The van der Waals surface area contributed by atoms with Crippen LogP contribution in [0.25, 0.3) is 10.1 Å². The van der Waals surface area contributed by atoms with Crippen molar-refractivity contribution in [2.75, 3.05) is 19.0 Å². The Kier molecular flexibility index (Phi) is 7.23. The quantitative estimate of drug-likeness (QED) is 0.421. The first-order valence-electron chi connectivity index (χ1n) is 10.6. The van der Waals surface area contributed by atoms with Crippen LogP contribution >= 0.6 is 34.5 Å². The molecule has 1 aliphatic carbocycles. The molecule has 1 heterocycles. The molecule has 0 radical (unpaired) electrons. The van der Waals surface area contributed by atoms with Gasteiger partial charge in [-0.3, -0.25) is 9.59 Å². The van der Waals surface area contributed by atoms with Crippen LogP contribution in [-0.2, 0) is 4.79 Å². The van der Waals surface area contributed by atoms with Crippen LogP contribution in [-0.4, -0.2) is 36.4 Å². The molecule has 0 atom stereocenters. The third-order valence-corrected chi connectivity index (χ3v) is 7.65. The summed E-state index contributed by atoms with van der Waals surface area (Å²) in [6.07, 6.45) is 4.98. The summed E-state index contributed by atoms with van der Waals surface area (Å²) in [5, 5.41) is 4.64. The van der Waals surface area contributed by atoms with Gasteiger partial charge in [0, 0.05) is 21.2 Å². The molecular weight excluding hydrogens is 467 g/mol. The Hall–Kier alpha value is -2.28. The van der Waals surface area contributed by atoms with E-state index in [1.807, 2.05) is 24.3 Å². The van der Waals surface area contributed by atoms with Crippen LogP contribution in [0.15, 0.2) is 42.5 Å². The number of benzene rings is 2. The fourth-order valence-corrected chi connectivity index (χ4v) is 5.80. The fourth-order valence-electron chi connectivity index (χ4n) is 4.16. The third kappa shape index (κ3) is 4.87. The summed E-state index contributed by atoms with van der Waals surface area (Å²) >= 11 is 14.0. The molecule has 32 heavy (non-hydrogen) atoms. The molecule has 1 aliphatic rings. The zero-order valence-electron chi connectivity index (χ0n) is 17.7. The first kappa shape index (κ1) is 22.9. The molecule has 4 rings (SSSR count). The van der Waals surface area contributed by atoms with Crippen LogP contribution in [0.2, 0.25) is 10.0 Å². The van der Waals surface area contributed by atoms with Crippen molar-refractivity contribution in [3.05, 3.63) is 57.4 Å². The van der Waals surface area contributed by atoms with Crippen molar-refractivity contribution < 1.29 is 14.3 Å². The van der Waals surface area contributed by atoms with Crippen molar-refractivity contribution in [1.29, 1.82) is 0 Å². The molecule has 1 aromatic heterocycles. The van der Waals surface area contributed by atoms with E-state index in [-0.39, 0.29) is 24.4 Å². The van der Waals surface area contributed by atoms with Gasteiger partial charge in [-0.2, -0.15) is 0 Å². The molecule has 0 bridgehead atoms. The van der Waals surface area contributed by atoms with E-state index < -0.39 is 0 Å². The molecule has 1 saturated carbocycles. The van der Waals surface area contributed by atoms with Crippen LogP contribution in [0.1, 0.15) is 41.8 Å². The van der Waals surface area contributed by atoms with Gasteiger partial charge in [0.15, 0.2) is 0 Å². The summed E-state index contributed by atoms with van der Waals surface area (Å²) in [5.41, 5.74) is 0.473. The Balaban J connectivity index is 1.60. The topological polar surface area (TPSA) is 58.6 Å². The second-order valence-corrected chi connectivity index (χ2v) is 9.73. The monoisotopic (exact) mass is 490 g/mol. The number of methoxy groups -OCH3 is 1. The smallest absolute Gasteiger partial charge is 0.266 e. The minimum atomic E-state index is -0.304. The van der Waals surface area contributed by atoms with E-state index in [2.05, 4.69) is 5.32 Å². The van der Waals surface area contributed by atoms with Crippen molar-refractivity contribution in [2.45, 2.75) is 38.1 Å². The number of amides is 2. The van der Waals surface area contributed by atoms with Gasteiger partial charge in [0.2, 0.25) is 5.91 Å². The fraction of sp³-hybridized carbons (Fsp3) is 0.333. The highest BCUT2D eigenvalue weighted by atomic mass is 35.5. The van der Waals surface area contributed by atoms with Gasteiger partial charge >= 0.3 is 0 Å². The predicted molar refractivity (Wildman–Crippen MR) is 131 cm³/mol. The summed E-state index contributed by atoms with van der Waals surface area (Å²) < 4.78 is 6.28. The number of nitrogens with one attached hydrogen (secondary N) is 1. The van der Waals surface area contributed by atoms with Gasteiger partial charge in [-0.15, -0.1) is 11.3 Å². The van der Waals surface area contributed by atoms with Crippen LogP contribution in [0.5, 0.6) is 5.75 Å². The second kappa shape index (κ2) is 10.1. The van der Waals surface area contributed by atoms with Gasteiger partial charge < -0.3 is 15.0 Å². The highest BCUT2D eigenvalue weighted by Gasteiger charge is 2.31. The normalized spacial score (nSPS) is 14.3. The Morgan fingerprint density at radius 1 is 1.12 bits per heavy atom. The number of thiophene rings is 1. The van der Waals surface area contributed by atoms with E-state index >= 15 is 0 Å². The summed E-state index contributed by atoms with van der Waals surface area (Å²) in [6, 6.07) is 12.7. The lowest BCUT2D eigenvalue weighted by molar-refractivity contribution is -0.117. The Morgan fingerprint density at radius 3 is 2.59 bits per heavy atom. The average molecular weight is 491 g/mol. The molecule has 2 aromatic carbocycles. The van der Waals surface area contributed by atoms with E-state index in [1.54, 1.807) is 23.1 Å². The zero-order chi connectivity index (χ0) is 22.7. The first-order chi connectivity index (χ1) is 15.5. The van der Waals surface area contributed by atoms with Crippen LogP contribution in [0, 0.1) is 0 Å². The molecule has 2 amide bonds. The van der Waals surface area contributed by atoms with Gasteiger partial charge in [-0.25, -0.2) is 0 Å². The number of hydrogen-bond donors (Lipinski definition) is 1. The molecule has 168 valence electrons. The number of anilines is 1. The van der Waals surface area contributed by atoms with E-state index in [9.17, 15) is 9.59 Å². The lowest BCUT2D eigenvalue weighted by Crippen LogP contribution is -2.45. The van der Waals surface area contributed by atoms with Crippen LogP contribution < -0.4 is 10.1 Å². The standard InChI is InChI=1S/C24H24Cl2N2O3S/c1-31-19-12-11-15(25)13-18(19)27-21(29)14-28(16-7-3-2-4-8-16)24(30)23-22(26)17-9-5-6-10-20(17)32-23/h5-6,9-13,16H,2-4,7-8,14H2,1H3,(H,27,29). The van der Waals surface area contributed by atoms with Crippen molar-refractivity contribution >= 4 is 62.1 Å². The summed E-state index contributed by atoms with van der Waals surface area (Å²) in [6.45, 7) is -0.0657. The molecule has 0 unspecified atom stereocenters. The Bertz CT molecular complexity index is 1140. The highest BCUT2D eigenvalue weighted by Crippen LogP contribution is 2.37. The first-order valence-corrected chi connectivity index (χ1v) is 12.2. The number of rotatable bonds is 6. The maximum absolute atomic E-state index is 13.6. The number of ether oxygens (including phenoxy) is 1. The van der Waals surface area contributed by atoms with Crippen molar-refractivity contribution in [2.24, 2.45) is 0 Å². The maximum Gasteiger partial charge on any atom is 0.266 e. The number of carbonyl (C=O) groups excluding carboxylic acids is 2. The molecule has 8 heteroatoms. The third-order valence-electron chi connectivity index (χ3n) is 5.76. The lowest BCUT2D eigenvalue weighted by Gasteiger charge is -2.33. The van der Waals surface area contributed by atoms with Gasteiger partial charge in [0.25, 0.3) is 5.91 Å². The molecule has 0 spiro atoms. The molecule has 3 aromatic rings. The Morgan fingerprint density at radius 2 is 1.88 bits per heavy atom. The van der Waals surface area contributed by atoms with Crippen LogP contribution in [0.4, 0.5) is 5.69 Å². The molecule has 1 N–H and O–H groups in total. The molecule has 5 nitrogen and oxygen atoms in total. The second-order valence-electron chi connectivity index (χ2n) is 7.86. The van der Waals surface area contributed by atoms with Crippen molar-refractivity contribution in [1.82, 2.24) is 4.90 Å². The SMILES string of the molecule is COc1ccc(Cl)cc1NC(=O)CN(C(=O)c1sc2ccccc2c1Cl)C1CCCCC1. The number of hydrogen-bond acceptors (Lipinski definition) is 4. The molecule has 0 saturated heterocycles. The zero-order valence-corrected chi connectivity index (χ0v) is 20.0. The number of carbonyl (C=O) groups is 2. The van der Waals surface area contributed by atoms with Crippen molar-refractivity contribution in [3.8, 4) is 5.75 Å². The summed E-state index contributed by atoms with van der Waals surface area (Å²) in [7, 11) is 1.53. The van der Waals surface area contributed by atoms with E-state index in [0.717, 1.165) is 42.2 Å². The van der Waals surface area contributed by atoms with Gasteiger partial charge in [-0.1, -0.05) is 60.7 Å². The number of nitrogens with zero attached hydrogens (tertiary/aromatic N) is 1. The number of halogens is 2. The largest absolute Gasteiger partial charge is 0.495 e. The number of fused-ring (bicyclic) bond motifs is 1. The predicted octanol–water partition coefficient (Wildman–Crippen LogP) is 6.63. The van der Waals surface area contributed by atoms with Gasteiger partial charge in [-0.05, 0) is 37.1 Å². The maximum atomic E-state index is 13.6. The summed E-state index contributed by atoms with van der Waals surface area (Å²) in [4.78, 5) is 28.8. The van der Waals surface area contributed by atoms with Crippen LogP contribution in [0.3, 0.4) is 0 Å². The van der Waals surface area contributed by atoms with E-state index in [4.69, 9.17) is 27.9 Å².